The maximum Gasteiger partial charge on any atom is 0.407 e. The molecule has 2 fully saturated rings. The van der Waals surface area contributed by atoms with E-state index < -0.39 is 12.1 Å². The minimum atomic E-state index is -0.658. The van der Waals surface area contributed by atoms with E-state index in [0.717, 1.165) is 70.9 Å². The van der Waals surface area contributed by atoms with E-state index in [9.17, 15) is 9.59 Å². The van der Waals surface area contributed by atoms with Crippen LogP contribution in [0.25, 0.3) is 27.9 Å². The van der Waals surface area contributed by atoms with Gasteiger partial charge in [0, 0.05) is 12.1 Å². The lowest BCUT2D eigenvalue weighted by atomic mass is 10.0. The van der Waals surface area contributed by atoms with Gasteiger partial charge < -0.3 is 25.3 Å². The zero-order valence-corrected chi connectivity index (χ0v) is 25.0. The van der Waals surface area contributed by atoms with Gasteiger partial charge in [0.1, 0.15) is 24.1 Å². The molecule has 4 N–H and O–H groups in total. The summed E-state index contributed by atoms with van der Waals surface area (Å²) in [5, 5.41) is 9.53. The largest absolute Gasteiger partial charge is 0.453 e. The predicted octanol–water partition coefficient (Wildman–Crippen LogP) is 4.08. The van der Waals surface area contributed by atoms with E-state index in [1.54, 1.807) is 0 Å². The number of alkyl carbamates (subject to hydrolysis) is 1. The number of carbonyl (C=O) groups excluding carboxylic acids is 2. The number of halogens is 1. The number of ether oxygens (including phenoxy) is 1. The summed E-state index contributed by atoms with van der Waals surface area (Å²) in [5.74, 6) is 1.58. The van der Waals surface area contributed by atoms with Crippen molar-refractivity contribution in [2.75, 3.05) is 20.2 Å². The standard InChI is InChI=1S/C31H37N7O3.ClH/c1-18(2)27(37-31(40)41-3)30(39)38-15-5-7-26(38)29-34-22-13-12-21(16-24(22)35-29)19-8-10-20(11-9-19)25-17-33-28(36-25)23-6-4-14-32-23;/h8-13,16-18,23,26-27,32-33H,4-7,14-15H2,1-3H3,(H,34,35)(H,37,40);1H/q+1;/t23-,26-,27-;/m0./s1. The number of nitrogens with zero attached hydrogens (tertiary/aromatic N) is 3. The van der Waals surface area contributed by atoms with Gasteiger partial charge >= 0.3 is 11.9 Å². The van der Waals surface area contributed by atoms with Gasteiger partial charge in [-0.25, -0.2) is 15.1 Å². The Morgan fingerprint density at radius 2 is 1.83 bits per heavy atom. The van der Waals surface area contributed by atoms with E-state index in [1.807, 2.05) is 31.0 Å². The van der Waals surface area contributed by atoms with Gasteiger partial charge in [-0.1, -0.05) is 32.0 Å². The fraction of sp³-hybridized carbons (Fsp3) is 0.419. The minimum Gasteiger partial charge on any atom is -0.453 e. The molecular weight excluding hydrogens is 554 g/mol. The fourth-order valence-corrected chi connectivity index (χ4v) is 5.97. The summed E-state index contributed by atoms with van der Waals surface area (Å²) in [6.07, 6.45) is 5.36. The molecule has 10 nitrogen and oxygen atoms in total. The van der Waals surface area contributed by atoms with Gasteiger partial charge in [-0.2, -0.15) is 0 Å². The zero-order valence-electron chi connectivity index (χ0n) is 24.1. The number of H-pyrrole nitrogens is 1. The first-order valence-corrected chi connectivity index (χ1v) is 14.5. The summed E-state index contributed by atoms with van der Waals surface area (Å²) >= 11 is 0. The molecule has 3 aromatic rings. The Morgan fingerprint density at radius 3 is 2.55 bits per heavy atom. The van der Waals surface area contributed by atoms with Gasteiger partial charge in [0.05, 0.1) is 24.2 Å². The monoisotopic (exact) mass is 591 g/mol. The van der Waals surface area contributed by atoms with Crippen molar-refractivity contribution in [3.63, 3.8) is 0 Å². The second-order valence-electron chi connectivity index (χ2n) is 11.3. The fourth-order valence-electron chi connectivity index (χ4n) is 5.97. The highest BCUT2D eigenvalue weighted by Gasteiger charge is 2.37. The SMILES string of the molecule is COC(=O)N[C@H](C(=O)N1CCC[C@H]1c1nc2cc(-c3ccc(C4=CNC([C@@H]5CCCN5)=[N+]4)cc3)ccc2[nH]1)C(C)C.Cl. The van der Waals surface area contributed by atoms with Crippen LogP contribution in [0, 0.1) is 5.92 Å². The number of aromatic amines is 1. The summed E-state index contributed by atoms with van der Waals surface area (Å²) in [4.78, 5) is 40.4. The molecule has 0 bridgehead atoms. The van der Waals surface area contributed by atoms with Crippen LogP contribution >= 0.6 is 12.4 Å². The average Bonchev–Trinajstić information content (AvgIpc) is 3.80. The van der Waals surface area contributed by atoms with Crippen molar-refractivity contribution in [2.45, 2.75) is 57.7 Å². The molecule has 3 atom stereocenters. The van der Waals surface area contributed by atoms with Gasteiger partial charge in [-0.15, -0.1) is 12.4 Å². The Labute approximate surface area is 251 Å². The third-order valence-corrected chi connectivity index (χ3v) is 8.25. The van der Waals surface area contributed by atoms with Crippen molar-refractivity contribution < 1.29 is 14.3 Å². The van der Waals surface area contributed by atoms with Gasteiger partial charge in [0.2, 0.25) is 11.6 Å². The summed E-state index contributed by atoms with van der Waals surface area (Å²) in [7, 11) is 1.30. The maximum atomic E-state index is 13.5. The van der Waals surface area contributed by atoms with E-state index in [2.05, 4.69) is 57.3 Å². The molecule has 1 radical (unpaired) electrons. The first kappa shape index (κ1) is 29.6. The van der Waals surface area contributed by atoms with Crippen molar-refractivity contribution in [3.8, 4) is 11.1 Å². The Morgan fingerprint density at radius 1 is 1.07 bits per heavy atom. The number of amides is 2. The summed E-state index contributed by atoms with van der Waals surface area (Å²) in [6, 6.07) is 14.1. The van der Waals surface area contributed by atoms with Gasteiger partial charge in [-0.3, -0.25) is 4.79 Å². The van der Waals surface area contributed by atoms with Crippen LogP contribution in [0.4, 0.5) is 4.79 Å². The molecule has 1 aromatic heterocycles. The van der Waals surface area contributed by atoms with Crippen LogP contribution in [0.5, 0.6) is 0 Å². The Kier molecular flexibility index (Phi) is 8.84. The molecule has 6 rings (SSSR count). The van der Waals surface area contributed by atoms with E-state index in [-0.39, 0.29) is 30.3 Å². The second-order valence-corrected chi connectivity index (χ2v) is 11.3. The van der Waals surface area contributed by atoms with Crippen molar-refractivity contribution in [1.82, 2.24) is 35.8 Å². The average molecular weight is 592 g/mol. The number of amidine groups is 1. The van der Waals surface area contributed by atoms with Gasteiger partial charge in [0.15, 0.2) is 0 Å². The third kappa shape index (κ3) is 5.87. The minimum absolute atomic E-state index is 0. The van der Waals surface area contributed by atoms with Crippen LogP contribution in [0.1, 0.15) is 57.0 Å². The van der Waals surface area contributed by atoms with E-state index in [4.69, 9.17) is 14.7 Å². The molecule has 0 aliphatic carbocycles. The molecule has 11 heteroatoms. The number of nitrogens with one attached hydrogen (secondary N) is 4. The van der Waals surface area contributed by atoms with Crippen LogP contribution in [0.15, 0.2) is 48.7 Å². The number of aliphatic imine (C=N–C) groups is 1. The highest BCUT2D eigenvalue weighted by Crippen LogP contribution is 2.33. The lowest BCUT2D eigenvalue weighted by molar-refractivity contribution is -0.135. The Hall–Kier alpha value is -3.89. The number of hydrogen-bond acceptors (Lipinski definition) is 7. The molecule has 42 heavy (non-hydrogen) atoms. The molecule has 3 aliphatic rings. The van der Waals surface area contributed by atoms with E-state index >= 15 is 0 Å². The molecular formula is C31H38ClN7O3+. The number of rotatable bonds is 7. The second kappa shape index (κ2) is 12.5. The van der Waals surface area contributed by atoms with Crippen LogP contribution in [-0.4, -0.2) is 65.0 Å². The van der Waals surface area contributed by atoms with Gasteiger partial charge in [0.25, 0.3) is 0 Å². The normalized spacial score (nSPS) is 20.6. The highest BCUT2D eigenvalue weighted by atomic mass is 35.5. The molecule has 0 spiro atoms. The van der Waals surface area contributed by atoms with Crippen LogP contribution in [0.3, 0.4) is 0 Å². The molecule has 3 aliphatic heterocycles. The number of aromatic nitrogens is 2. The van der Waals surface area contributed by atoms with Crippen molar-refractivity contribution in [3.05, 3.63) is 60.1 Å². The molecule has 4 heterocycles. The molecule has 0 saturated carbocycles. The molecule has 221 valence electrons. The van der Waals surface area contributed by atoms with E-state index in [1.165, 1.54) is 13.5 Å². The topological polar surface area (TPSA) is 125 Å². The maximum absolute atomic E-state index is 13.5. The number of hydrogen-bond donors (Lipinski definition) is 4. The molecule has 0 unspecified atom stereocenters. The number of benzene rings is 2. The number of fused-ring (bicyclic) bond motifs is 1. The summed E-state index contributed by atoms with van der Waals surface area (Å²) in [6.45, 7) is 5.50. The number of carbonyl (C=O) groups is 2. The lowest BCUT2D eigenvalue weighted by Crippen LogP contribution is -2.51. The molecule has 2 amide bonds. The van der Waals surface area contributed by atoms with Crippen LogP contribution in [-0.2, 0) is 9.53 Å². The first-order valence-electron chi connectivity index (χ1n) is 14.5. The number of imidazole rings is 1. The highest BCUT2D eigenvalue weighted by molar-refractivity contribution is 5.95. The quantitative estimate of drug-likeness (QED) is 0.328. The first-order chi connectivity index (χ1) is 19.9. The smallest absolute Gasteiger partial charge is 0.407 e. The van der Waals surface area contributed by atoms with Crippen molar-refractivity contribution >= 4 is 47.0 Å². The van der Waals surface area contributed by atoms with Crippen LogP contribution in [0.2, 0.25) is 0 Å². The summed E-state index contributed by atoms with van der Waals surface area (Å²) < 4.78 is 4.75. The van der Waals surface area contributed by atoms with Crippen molar-refractivity contribution in [1.29, 1.82) is 0 Å². The lowest BCUT2D eigenvalue weighted by Gasteiger charge is -2.29. The summed E-state index contributed by atoms with van der Waals surface area (Å²) in [5.41, 5.74) is 5.98. The molecule has 2 aromatic carbocycles. The number of methoxy groups -OCH3 is 1. The zero-order chi connectivity index (χ0) is 28.5. The molecule has 2 saturated heterocycles. The third-order valence-electron chi connectivity index (χ3n) is 8.25. The van der Waals surface area contributed by atoms with Crippen LogP contribution < -0.4 is 20.9 Å². The number of likely N-dealkylation sites (tertiary alicyclic amines) is 1. The Bertz CT molecular complexity index is 1510. The van der Waals surface area contributed by atoms with Gasteiger partial charge in [-0.05, 0) is 78.5 Å². The van der Waals surface area contributed by atoms with Crippen molar-refractivity contribution in [2.24, 2.45) is 5.92 Å². The van der Waals surface area contributed by atoms with E-state index in [0.29, 0.717) is 12.6 Å². The predicted molar refractivity (Wildman–Crippen MR) is 166 cm³/mol. The Balaban J connectivity index is 0.00000353.